The Balaban J connectivity index is 1.83. The van der Waals surface area contributed by atoms with Crippen molar-refractivity contribution in [3.63, 3.8) is 0 Å². The van der Waals surface area contributed by atoms with Crippen molar-refractivity contribution >= 4 is 16.3 Å². The Hall–Kier alpha value is -2.32. The van der Waals surface area contributed by atoms with E-state index in [-0.39, 0.29) is 11.9 Å². The monoisotopic (exact) mass is 416 g/mol. The van der Waals surface area contributed by atoms with Gasteiger partial charge in [0.1, 0.15) is 0 Å². The fraction of sp³-hybridized carbons (Fsp3) is 0.524. The minimum Gasteiger partial charge on any atom is -0.493 e. The Morgan fingerprint density at radius 2 is 2.07 bits per heavy atom. The van der Waals surface area contributed by atoms with Gasteiger partial charge in [-0.3, -0.25) is 4.90 Å². The molecule has 7 nitrogen and oxygen atoms in total. The summed E-state index contributed by atoms with van der Waals surface area (Å²) in [5, 5.41) is 15.5. The van der Waals surface area contributed by atoms with Crippen molar-refractivity contribution < 1.29 is 14.6 Å². The summed E-state index contributed by atoms with van der Waals surface area (Å²) in [7, 11) is 3.28. The van der Waals surface area contributed by atoms with Gasteiger partial charge in [-0.05, 0) is 43.0 Å². The summed E-state index contributed by atoms with van der Waals surface area (Å²) < 4.78 is 12.5. The van der Waals surface area contributed by atoms with E-state index >= 15 is 0 Å². The molecule has 2 atom stereocenters. The minimum atomic E-state index is -0.0869. The Morgan fingerprint density at radius 3 is 2.72 bits per heavy atom. The van der Waals surface area contributed by atoms with E-state index in [2.05, 4.69) is 28.0 Å². The number of rotatable bonds is 6. The average Bonchev–Trinajstić information content (AvgIpc) is 3.27. The fourth-order valence-corrected chi connectivity index (χ4v) is 5.27. The van der Waals surface area contributed by atoms with Gasteiger partial charge in [-0.15, -0.1) is 5.10 Å². The SMILES string of the molecule is CCc1nc2sc([C@@H](c3ccc(OC)c(OC)c3)N3CCC[C@@H](C)C3)c(O)n2n1. The molecule has 1 aliphatic rings. The number of ether oxygens (including phenoxy) is 2. The van der Waals surface area contributed by atoms with E-state index in [9.17, 15) is 5.11 Å². The molecule has 0 aliphatic carbocycles. The number of aromatic hydroxyl groups is 1. The van der Waals surface area contributed by atoms with Crippen molar-refractivity contribution in [2.75, 3.05) is 27.3 Å². The lowest BCUT2D eigenvalue weighted by Gasteiger charge is -2.37. The largest absolute Gasteiger partial charge is 0.493 e. The van der Waals surface area contributed by atoms with E-state index in [0.29, 0.717) is 17.4 Å². The number of nitrogens with zero attached hydrogens (tertiary/aromatic N) is 4. The second kappa shape index (κ2) is 8.20. The maximum absolute atomic E-state index is 11.0. The molecule has 3 heterocycles. The van der Waals surface area contributed by atoms with Gasteiger partial charge >= 0.3 is 0 Å². The summed E-state index contributed by atoms with van der Waals surface area (Å²) in [4.78, 5) is 8.59. The maximum Gasteiger partial charge on any atom is 0.230 e. The van der Waals surface area contributed by atoms with Gasteiger partial charge in [-0.2, -0.15) is 4.52 Å². The van der Waals surface area contributed by atoms with Crippen LogP contribution in [0.25, 0.3) is 4.96 Å². The Labute approximate surface area is 174 Å². The first-order chi connectivity index (χ1) is 14.0. The molecule has 29 heavy (non-hydrogen) atoms. The van der Waals surface area contributed by atoms with Crippen LogP contribution >= 0.6 is 11.3 Å². The van der Waals surface area contributed by atoms with Crippen molar-refractivity contribution in [2.45, 2.75) is 39.2 Å². The summed E-state index contributed by atoms with van der Waals surface area (Å²) in [6, 6.07) is 5.90. The van der Waals surface area contributed by atoms with Gasteiger partial charge in [-0.1, -0.05) is 31.3 Å². The highest BCUT2D eigenvalue weighted by Crippen LogP contribution is 2.43. The highest BCUT2D eigenvalue weighted by Gasteiger charge is 2.32. The van der Waals surface area contributed by atoms with Crippen LogP contribution in [0.2, 0.25) is 0 Å². The van der Waals surface area contributed by atoms with Crippen LogP contribution in [0.4, 0.5) is 0 Å². The molecule has 8 heteroatoms. The summed E-state index contributed by atoms with van der Waals surface area (Å²) in [5.74, 6) is 2.92. The molecule has 0 radical (unpaired) electrons. The zero-order valence-corrected chi connectivity index (χ0v) is 18.2. The van der Waals surface area contributed by atoms with E-state index < -0.39 is 0 Å². The highest BCUT2D eigenvalue weighted by atomic mass is 32.1. The highest BCUT2D eigenvalue weighted by molar-refractivity contribution is 7.17. The lowest BCUT2D eigenvalue weighted by atomic mass is 9.95. The number of benzene rings is 1. The number of likely N-dealkylation sites (tertiary alicyclic amines) is 1. The number of fused-ring (bicyclic) bond motifs is 1. The first-order valence-electron chi connectivity index (χ1n) is 10.1. The number of thiazole rings is 1. The van der Waals surface area contributed by atoms with Crippen LogP contribution in [0.5, 0.6) is 17.4 Å². The van der Waals surface area contributed by atoms with E-state index in [1.54, 1.807) is 18.7 Å². The molecule has 2 aromatic heterocycles. The number of hydrogen-bond donors (Lipinski definition) is 1. The van der Waals surface area contributed by atoms with Gasteiger partial charge in [0.05, 0.1) is 25.1 Å². The summed E-state index contributed by atoms with van der Waals surface area (Å²) in [6.45, 7) is 6.26. The number of hydrogen-bond acceptors (Lipinski definition) is 7. The number of methoxy groups -OCH3 is 2. The predicted molar refractivity (Wildman–Crippen MR) is 113 cm³/mol. The lowest BCUT2D eigenvalue weighted by Crippen LogP contribution is -2.37. The first-order valence-corrected chi connectivity index (χ1v) is 10.9. The minimum absolute atomic E-state index is 0.0869. The molecule has 0 amide bonds. The molecule has 156 valence electrons. The molecule has 0 spiro atoms. The molecule has 1 aromatic carbocycles. The number of aromatic nitrogens is 3. The van der Waals surface area contributed by atoms with E-state index in [0.717, 1.165) is 47.2 Å². The second-order valence-electron chi connectivity index (χ2n) is 7.63. The van der Waals surface area contributed by atoms with Crippen molar-refractivity contribution in [3.05, 3.63) is 34.5 Å². The molecule has 1 aliphatic heterocycles. The zero-order chi connectivity index (χ0) is 20.5. The molecule has 0 saturated carbocycles. The molecule has 1 fully saturated rings. The van der Waals surface area contributed by atoms with Gasteiger partial charge in [0.2, 0.25) is 10.8 Å². The van der Waals surface area contributed by atoms with Crippen LogP contribution in [0.15, 0.2) is 18.2 Å². The summed E-state index contributed by atoms with van der Waals surface area (Å²) in [6.07, 6.45) is 3.12. The van der Waals surface area contributed by atoms with Crippen LogP contribution in [-0.2, 0) is 6.42 Å². The average molecular weight is 417 g/mol. The standard InChI is InChI=1S/C21H28N4O3S/c1-5-17-22-21-25(23-17)20(26)19(29-21)18(24-10-6-7-13(2)12-24)14-8-9-15(27-3)16(11-14)28-4/h8-9,11,13,18,26H,5-7,10,12H2,1-4H3/t13-,18-/m1/s1. The fourth-order valence-electron chi connectivity index (χ4n) is 4.13. The van der Waals surface area contributed by atoms with Crippen molar-refractivity contribution in [3.8, 4) is 17.4 Å². The molecular weight excluding hydrogens is 388 g/mol. The predicted octanol–water partition coefficient (Wildman–Crippen LogP) is 3.90. The quantitative estimate of drug-likeness (QED) is 0.657. The lowest BCUT2D eigenvalue weighted by molar-refractivity contribution is 0.149. The third kappa shape index (κ3) is 3.67. The molecule has 1 saturated heterocycles. The molecule has 3 aromatic rings. The zero-order valence-electron chi connectivity index (χ0n) is 17.4. The Bertz CT molecular complexity index is 999. The molecule has 1 N–H and O–H groups in total. The number of aryl methyl sites for hydroxylation is 1. The number of piperidine rings is 1. The first kappa shape index (κ1) is 20.0. The van der Waals surface area contributed by atoms with Gasteiger partial charge in [0.15, 0.2) is 17.3 Å². The van der Waals surface area contributed by atoms with Gasteiger partial charge in [0.25, 0.3) is 0 Å². The van der Waals surface area contributed by atoms with E-state index in [4.69, 9.17) is 9.47 Å². The van der Waals surface area contributed by atoms with Gasteiger partial charge < -0.3 is 14.6 Å². The normalized spacial score (nSPS) is 18.8. The van der Waals surface area contributed by atoms with Crippen molar-refractivity contribution in [2.24, 2.45) is 5.92 Å². The second-order valence-corrected chi connectivity index (χ2v) is 8.63. The third-order valence-electron chi connectivity index (χ3n) is 5.59. The smallest absolute Gasteiger partial charge is 0.230 e. The van der Waals surface area contributed by atoms with Crippen LogP contribution in [0.3, 0.4) is 0 Å². The molecule has 4 rings (SSSR count). The van der Waals surface area contributed by atoms with Crippen LogP contribution in [0, 0.1) is 5.92 Å². The summed E-state index contributed by atoms with van der Waals surface area (Å²) >= 11 is 1.51. The molecular formula is C21H28N4O3S. The van der Waals surface area contributed by atoms with E-state index in [1.165, 1.54) is 17.8 Å². The third-order valence-corrected chi connectivity index (χ3v) is 6.66. The summed E-state index contributed by atoms with van der Waals surface area (Å²) in [5.41, 5.74) is 1.06. The Morgan fingerprint density at radius 1 is 1.28 bits per heavy atom. The molecule has 0 unspecified atom stereocenters. The van der Waals surface area contributed by atoms with Crippen LogP contribution in [-0.4, -0.2) is 51.9 Å². The topological polar surface area (TPSA) is 72.1 Å². The van der Waals surface area contributed by atoms with Crippen LogP contribution < -0.4 is 9.47 Å². The Kier molecular flexibility index (Phi) is 5.65. The van der Waals surface area contributed by atoms with E-state index in [1.807, 2.05) is 19.1 Å². The van der Waals surface area contributed by atoms with Gasteiger partial charge in [0, 0.05) is 13.0 Å². The van der Waals surface area contributed by atoms with Crippen molar-refractivity contribution in [1.29, 1.82) is 0 Å². The van der Waals surface area contributed by atoms with Crippen molar-refractivity contribution in [1.82, 2.24) is 19.5 Å². The van der Waals surface area contributed by atoms with Crippen LogP contribution in [0.1, 0.15) is 49.0 Å². The maximum atomic E-state index is 11.0. The van der Waals surface area contributed by atoms with Gasteiger partial charge in [-0.25, -0.2) is 4.98 Å². The molecule has 0 bridgehead atoms.